The third-order valence-corrected chi connectivity index (χ3v) is 3.55. The molecule has 1 aliphatic heterocycles. The normalized spacial score (nSPS) is 19.4. The maximum absolute atomic E-state index is 12.1. The van der Waals surface area contributed by atoms with Crippen molar-refractivity contribution in [1.29, 1.82) is 0 Å². The lowest BCUT2D eigenvalue weighted by atomic mass is 9.95. The quantitative estimate of drug-likeness (QED) is 0.462. The Morgan fingerprint density at radius 1 is 1.48 bits per heavy atom. The molecular formula is C17H32N4O2. The van der Waals surface area contributed by atoms with Gasteiger partial charge in [0.25, 0.3) is 0 Å². The van der Waals surface area contributed by atoms with Crippen LogP contribution in [0.3, 0.4) is 0 Å². The minimum atomic E-state index is -0.445. The highest BCUT2D eigenvalue weighted by atomic mass is 16.6. The third kappa shape index (κ3) is 8.47. The summed E-state index contributed by atoms with van der Waals surface area (Å²) in [5.74, 6) is 0.922. The lowest BCUT2D eigenvalue weighted by Gasteiger charge is -2.34. The molecule has 1 rings (SSSR count). The number of nitrogens with two attached hydrogens (primary N) is 1. The first-order chi connectivity index (χ1) is 10.7. The molecule has 0 bridgehead atoms. The van der Waals surface area contributed by atoms with Gasteiger partial charge in [0.15, 0.2) is 5.96 Å². The summed E-state index contributed by atoms with van der Waals surface area (Å²) in [6.45, 7) is 14.2. The van der Waals surface area contributed by atoms with Crippen molar-refractivity contribution in [3.63, 3.8) is 0 Å². The van der Waals surface area contributed by atoms with Crippen LogP contribution in [0.15, 0.2) is 17.1 Å². The number of piperidine rings is 1. The molecular weight excluding hydrogens is 292 g/mol. The molecule has 6 nitrogen and oxygen atoms in total. The molecule has 0 radical (unpaired) electrons. The third-order valence-electron chi connectivity index (χ3n) is 3.55. The summed E-state index contributed by atoms with van der Waals surface area (Å²) in [5, 5.41) is 3.12. The van der Waals surface area contributed by atoms with E-state index >= 15 is 0 Å². The number of nitrogens with zero attached hydrogens (tertiary/aromatic N) is 2. The van der Waals surface area contributed by atoms with E-state index in [-0.39, 0.29) is 6.09 Å². The lowest BCUT2D eigenvalue weighted by molar-refractivity contribution is 0.0162. The number of ether oxygens (including phenoxy) is 1. The second kappa shape index (κ2) is 8.79. The SMILES string of the molecule is C=C(C)CN=C(N)NCCC1CCCN(C(=O)OC(C)(C)C)C1. The summed E-state index contributed by atoms with van der Waals surface area (Å²) in [7, 11) is 0. The van der Waals surface area contributed by atoms with E-state index in [1.807, 2.05) is 32.6 Å². The maximum atomic E-state index is 12.1. The molecule has 1 amide bonds. The van der Waals surface area contributed by atoms with Crippen LogP contribution in [0.25, 0.3) is 0 Å². The predicted molar refractivity (Wildman–Crippen MR) is 94.5 cm³/mol. The Morgan fingerprint density at radius 2 is 2.17 bits per heavy atom. The molecule has 1 atom stereocenters. The van der Waals surface area contributed by atoms with Crippen molar-refractivity contribution in [3.8, 4) is 0 Å². The topological polar surface area (TPSA) is 80.0 Å². The molecule has 1 heterocycles. The number of hydrogen-bond donors (Lipinski definition) is 2. The van der Waals surface area contributed by atoms with Crippen LogP contribution in [0.2, 0.25) is 0 Å². The molecule has 0 spiro atoms. The smallest absolute Gasteiger partial charge is 0.410 e. The first kappa shape index (κ1) is 19.3. The molecule has 23 heavy (non-hydrogen) atoms. The molecule has 1 saturated heterocycles. The van der Waals surface area contributed by atoms with Gasteiger partial charge in [-0.05, 0) is 52.9 Å². The van der Waals surface area contributed by atoms with Crippen LogP contribution >= 0.6 is 0 Å². The van der Waals surface area contributed by atoms with E-state index in [0.717, 1.165) is 44.5 Å². The highest BCUT2D eigenvalue weighted by Gasteiger charge is 2.27. The van der Waals surface area contributed by atoms with Gasteiger partial charge in [-0.1, -0.05) is 12.2 Å². The van der Waals surface area contributed by atoms with Gasteiger partial charge in [-0.3, -0.25) is 0 Å². The van der Waals surface area contributed by atoms with Gasteiger partial charge in [-0.15, -0.1) is 0 Å². The standard InChI is InChI=1S/C17H32N4O2/c1-13(2)11-20-15(18)19-9-8-14-7-6-10-21(12-14)16(22)23-17(3,4)5/h14H,1,6-12H2,2-5H3,(H3,18,19,20). The zero-order chi connectivity index (χ0) is 17.5. The van der Waals surface area contributed by atoms with Gasteiger partial charge in [-0.25, -0.2) is 9.79 Å². The van der Waals surface area contributed by atoms with Crippen LogP contribution in [0.4, 0.5) is 4.79 Å². The van der Waals surface area contributed by atoms with Gasteiger partial charge < -0.3 is 20.7 Å². The average molecular weight is 324 g/mol. The molecule has 1 fully saturated rings. The van der Waals surface area contributed by atoms with E-state index in [1.165, 1.54) is 0 Å². The Labute approximate surface area is 140 Å². The predicted octanol–water partition coefficient (Wildman–Crippen LogP) is 2.50. The van der Waals surface area contributed by atoms with Crippen molar-refractivity contribution in [2.24, 2.45) is 16.6 Å². The van der Waals surface area contributed by atoms with Crippen molar-refractivity contribution in [3.05, 3.63) is 12.2 Å². The Hall–Kier alpha value is -1.72. The number of aliphatic imine (C=N–C) groups is 1. The Morgan fingerprint density at radius 3 is 2.78 bits per heavy atom. The van der Waals surface area contributed by atoms with Crippen LogP contribution in [0.1, 0.15) is 47.0 Å². The molecule has 1 aliphatic rings. The van der Waals surface area contributed by atoms with Crippen molar-refractivity contribution < 1.29 is 9.53 Å². The van der Waals surface area contributed by atoms with E-state index in [2.05, 4.69) is 16.9 Å². The summed E-state index contributed by atoms with van der Waals surface area (Å²) in [4.78, 5) is 18.1. The second-order valence-corrected chi connectivity index (χ2v) is 7.31. The molecule has 0 aliphatic carbocycles. The van der Waals surface area contributed by atoms with Gasteiger partial charge >= 0.3 is 6.09 Å². The number of nitrogens with one attached hydrogen (secondary N) is 1. The van der Waals surface area contributed by atoms with Crippen LogP contribution < -0.4 is 11.1 Å². The summed E-state index contributed by atoms with van der Waals surface area (Å²) in [6, 6.07) is 0. The number of amides is 1. The molecule has 6 heteroatoms. The van der Waals surface area contributed by atoms with Gasteiger partial charge in [0, 0.05) is 19.6 Å². The summed E-state index contributed by atoms with van der Waals surface area (Å²) in [5.41, 5.74) is 6.33. The van der Waals surface area contributed by atoms with E-state index < -0.39 is 5.60 Å². The first-order valence-electron chi connectivity index (χ1n) is 8.33. The minimum absolute atomic E-state index is 0.210. The van der Waals surface area contributed by atoms with Gasteiger partial charge in [0.05, 0.1) is 6.54 Å². The van der Waals surface area contributed by atoms with Crippen LogP contribution in [-0.2, 0) is 4.74 Å². The fraction of sp³-hybridized carbons (Fsp3) is 0.765. The number of guanidine groups is 1. The molecule has 132 valence electrons. The Kier molecular flexibility index (Phi) is 7.39. The summed E-state index contributed by atoms with van der Waals surface area (Å²) in [6.07, 6.45) is 2.90. The molecule has 3 N–H and O–H groups in total. The van der Waals surface area contributed by atoms with E-state index in [4.69, 9.17) is 10.5 Å². The highest BCUT2D eigenvalue weighted by molar-refractivity contribution is 5.77. The van der Waals surface area contributed by atoms with Crippen molar-refractivity contribution in [1.82, 2.24) is 10.2 Å². The number of rotatable bonds is 5. The monoisotopic (exact) mass is 324 g/mol. The van der Waals surface area contributed by atoms with Gasteiger partial charge in [0.1, 0.15) is 5.60 Å². The summed E-state index contributed by atoms with van der Waals surface area (Å²) < 4.78 is 5.45. The van der Waals surface area contributed by atoms with E-state index in [1.54, 1.807) is 0 Å². The van der Waals surface area contributed by atoms with E-state index in [9.17, 15) is 4.79 Å². The highest BCUT2D eigenvalue weighted by Crippen LogP contribution is 2.21. The number of carbonyl (C=O) groups is 1. The molecule has 0 aromatic carbocycles. The fourth-order valence-corrected chi connectivity index (χ4v) is 2.47. The molecule has 0 aromatic heterocycles. The molecule has 1 unspecified atom stereocenters. The van der Waals surface area contributed by atoms with Crippen LogP contribution in [0, 0.1) is 5.92 Å². The second-order valence-electron chi connectivity index (χ2n) is 7.31. The Bertz CT molecular complexity index is 440. The zero-order valence-corrected chi connectivity index (χ0v) is 15.0. The lowest BCUT2D eigenvalue weighted by Crippen LogP contribution is -2.43. The summed E-state index contributed by atoms with van der Waals surface area (Å²) >= 11 is 0. The number of carbonyl (C=O) groups excluding carboxylic acids is 1. The first-order valence-corrected chi connectivity index (χ1v) is 8.33. The number of hydrogen-bond acceptors (Lipinski definition) is 3. The van der Waals surface area contributed by atoms with Gasteiger partial charge in [-0.2, -0.15) is 0 Å². The van der Waals surface area contributed by atoms with Crippen molar-refractivity contribution >= 4 is 12.1 Å². The maximum Gasteiger partial charge on any atom is 0.410 e. The van der Waals surface area contributed by atoms with Crippen LogP contribution in [-0.4, -0.2) is 48.7 Å². The average Bonchev–Trinajstić information content (AvgIpc) is 2.43. The Balaban J connectivity index is 2.34. The van der Waals surface area contributed by atoms with E-state index in [0.29, 0.717) is 18.4 Å². The number of likely N-dealkylation sites (tertiary alicyclic amines) is 1. The molecule has 0 saturated carbocycles. The molecule has 0 aromatic rings. The fourth-order valence-electron chi connectivity index (χ4n) is 2.47. The van der Waals surface area contributed by atoms with Crippen molar-refractivity contribution in [2.45, 2.75) is 52.6 Å². The van der Waals surface area contributed by atoms with Crippen LogP contribution in [0.5, 0.6) is 0 Å². The largest absolute Gasteiger partial charge is 0.444 e. The van der Waals surface area contributed by atoms with Crippen molar-refractivity contribution in [2.75, 3.05) is 26.2 Å². The van der Waals surface area contributed by atoms with Gasteiger partial charge in [0.2, 0.25) is 0 Å². The minimum Gasteiger partial charge on any atom is -0.444 e. The zero-order valence-electron chi connectivity index (χ0n) is 15.0.